The SMILES string of the molecule is Cc1cc2cccc(NC(=O)CC#N)c2o1. The molecule has 1 aromatic heterocycles. The molecule has 0 radical (unpaired) electrons. The van der Waals surface area contributed by atoms with Crippen molar-refractivity contribution in [1.29, 1.82) is 5.26 Å². The maximum atomic E-state index is 11.3. The second kappa shape index (κ2) is 4.07. The lowest BCUT2D eigenvalue weighted by Gasteiger charge is -2.02. The van der Waals surface area contributed by atoms with Gasteiger partial charge < -0.3 is 9.73 Å². The van der Waals surface area contributed by atoms with E-state index in [0.29, 0.717) is 11.3 Å². The number of nitrogens with one attached hydrogen (secondary N) is 1. The number of hydrogen-bond donors (Lipinski definition) is 1. The predicted molar refractivity (Wildman–Crippen MR) is 59.8 cm³/mol. The van der Waals surface area contributed by atoms with Crippen LogP contribution in [-0.4, -0.2) is 5.91 Å². The molecule has 2 aromatic rings. The van der Waals surface area contributed by atoms with Gasteiger partial charge in [0.15, 0.2) is 5.58 Å². The Balaban J connectivity index is 2.37. The molecule has 1 heterocycles. The third-order valence-corrected chi connectivity index (χ3v) is 2.18. The topological polar surface area (TPSA) is 66.0 Å². The summed E-state index contributed by atoms with van der Waals surface area (Å²) in [6.07, 6.45) is -0.157. The number of furan rings is 1. The molecule has 1 amide bonds. The first kappa shape index (κ1) is 10.2. The summed E-state index contributed by atoms with van der Waals surface area (Å²) in [6, 6.07) is 9.19. The molecular formula is C12H10N2O2. The van der Waals surface area contributed by atoms with Gasteiger partial charge in [-0.05, 0) is 19.1 Å². The van der Waals surface area contributed by atoms with Crippen molar-refractivity contribution in [3.63, 3.8) is 0 Å². The van der Waals surface area contributed by atoms with Gasteiger partial charge in [0.05, 0.1) is 11.8 Å². The van der Waals surface area contributed by atoms with Gasteiger partial charge in [-0.25, -0.2) is 0 Å². The van der Waals surface area contributed by atoms with Gasteiger partial charge in [-0.1, -0.05) is 12.1 Å². The van der Waals surface area contributed by atoms with Gasteiger partial charge in [-0.3, -0.25) is 4.79 Å². The van der Waals surface area contributed by atoms with Crippen LogP contribution in [0.5, 0.6) is 0 Å². The van der Waals surface area contributed by atoms with Crippen molar-refractivity contribution in [1.82, 2.24) is 0 Å². The summed E-state index contributed by atoms with van der Waals surface area (Å²) >= 11 is 0. The zero-order valence-electron chi connectivity index (χ0n) is 8.78. The highest BCUT2D eigenvalue weighted by atomic mass is 16.3. The summed E-state index contributed by atoms with van der Waals surface area (Å²) < 4.78 is 5.48. The smallest absolute Gasteiger partial charge is 0.238 e. The molecule has 1 aromatic carbocycles. The number of anilines is 1. The lowest BCUT2D eigenvalue weighted by Crippen LogP contribution is -2.10. The van der Waals surface area contributed by atoms with Crippen LogP contribution in [-0.2, 0) is 4.79 Å². The first-order valence-electron chi connectivity index (χ1n) is 4.86. The van der Waals surface area contributed by atoms with E-state index >= 15 is 0 Å². The predicted octanol–water partition coefficient (Wildman–Crippen LogP) is 2.59. The number of amides is 1. The second-order valence-electron chi connectivity index (χ2n) is 3.46. The van der Waals surface area contributed by atoms with Crippen molar-refractivity contribution in [2.24, 2.45) is 0 Å². The number of nitriles is 1. The summed E-state index contributed by atoms with van der Waals surface area (Å²) in [6.45, 7) is 1.85. The molecule has 1 N–H and O–H groups in total. The normalized spacial score (nSPS) is 10.0. The molecule has 80 valence electrons. The molecule has 0 fully saturated rings. The van der Waals surface area contributed by atoms with E-state index in [4.69, 9.17) is 9.68 Å². The molecule has 4 heteroatoms. The number of para-hydroxylation sites is 1. The fourth-order valence-corrected chi connectivity index (χ4v) is 1.56. The Morgan fingerprint density at radius 2 is 2.38 bits per heavy atom. The second-order valence-corrected chi connectivity index (χ2v) is 3.46. The minimum absolute atomic E-state index is 0.157. The van der Waals surface area contributed by atoms with Crippen molar-refractivity contribution in [2.75, 3.05) is 5.32 Å². The Morgan fingerprint density at radius 1 is 1.56 bits per heavy atom. The van der Waals surface area contributed by atoms with E-state index < -0.39 is 0 Å². The molecule has 0 atom stereocenters. The number of aryl methyl sites for hydroxylation is 1. The van der Waals surface area contributed by atoms with Crippen LogP contribution in [0.3, 0.4) is 0 Å². The third kappa shape index (κ3) is 1.89. The van der Waals surface area contributed by atoms with E-state index in [9.17, 15) is 4.79 Å². The summed E-state index contributed by atoms with van der Waals surface area (Å²) in [5, 5.41) is 12.0. The zero-order valence-corrected chi connectivity index (χ0v) is 8.78. The average molecular weight is 214 g/mol. The zero-order chi connectivity index (χ0) is 11.5. The first-order valence-corrected chi connectivity index (χ1v) is 4.86. The molecule has 0 aliphatic carbocycles. The number of nitrogens with zero attached hydrogens (tertiary/aromatic N) is 1. The van der Waals surface area contributed by atoms with Crippen LogP contribution >= 0.6 is 0 Å². The number of carbonyl (C=O) groups is 1. The summed E-state index contributed by atoms with van der Waals surface area (Å²) in [5.74, 6) is 0.459. The van der Waals surface area contributed by atoms with Crippen LogP contribution in [0.4, 0.5) is 5.69 Å². The Morgan fingerprint density at radius 3 is 3.12 bits per heavy atom. The van der Waals surface area contributed by atoms with Gasteiger partial charge in [-0.15, -0.1) is 0 Å². The number of rotatable bonds is 2. The number of fused-ring (bicyclic) bond motifs is 1. The largest absolute Gasteiger partial charge is 0.459 e. The van der Waals surface area contributed by atoms with E-state index in [1.165, 1.54) is 0 Å². The number of benzene rings is 1. The van der Waals surface area contributed by atoms with Gasteiger partial charge in [0.25, 0.3) is 0 Å². The minimum atomic E-state index is -0.330. The van der Waals surface area contributed by atoms with Crippen molar-refractivity contribution in [2.45, 2.75) is 13.3 Å². The van der Waals surface area contributed by atoms with Crippen LogP contribution in [0.15, 0.2) is 28.7 Å². The Bertz CT molecular complexity index is 578. The Kier molecular flexibility index (Phi) is 2.61. The monoisotopic (exact) mass is 214 g/mol. The molecule has 4 nitrogen and oxygen atoms in total. The molecule has 0 spiro atoms. The van der Waals surface area contributed by atoms with Crippen LogP contribution in [0, 0.1) is 18.3 Å². The maximum Gasteiger partial charge on any atom is 0.238 e. The van der Waals surface area contributed by atoms with Gasteiger partial charge >= 0.3 is 0 Å². The van der Waals surface area contributed by atoms with Crippen LogP contribution in [0.2, 0.25) is 0 Å². The lowest BCUT2D eigenvalue weighted by atomic mass is 10.2. The van der Waals surface area contributed by atoms with Crippen molar-refractivity contribution in [3.8, 4) is 6.07 Å². The van der Waals surface area contributed by atoms with Crippen molar-refractivity contribution in [3.05, 3.63) is 30.0 Å². The van der Waals surface area contributed by atoms with Crippen molar-refractivity contribution >= 4 is 22.6 Å². The van der Waals surface area contributed by atoms with Gasteiger partial charge in [0, 0.05) is 5.39 Å². The molecule has 0 aliphatic rings. The molecular weight excluding hydrogens is 204 g/mol. The molecule has 0 saturated heterocycles. The van der Waals surface area contributed by atoms with Crippen LogP contribution in [0.1, 0.15) is 12.2 Å². The molecule has 0 saturated carbocycles. The van der Waals surface area contributed by atoms with Gasteiger partial charge in [0.2, 0.25) is 5.91 Å². The highest BCUT2D eigenvalue weighted by molar-refractivity contribution is 6.00. The standard InChI is InChI=1S/C12H10N2O2/c1-8-7-9-3-2-4-10(12(9)16-8)14-11(15)5-6-13/h2-4,7H,5H2,1H3,(H,14,15). The average Bonchev–Trinajstić information content (AvgIpc) is 2.60. The lowest BCUT2D eigenvalue weighted by molar-refractivity contribution is -0.115. The van der Waals surface area contributed by atoms with Gasteiger partial charge in [-0.2, -0.15) is 5.26 Å². The van der Waals surface area contributed by atoms with E-state index in [0.717, 1.165) is 11.1 Å². The van der Waals surface area contributed by atoms with E-state index in [1.54, 1.807) is 12.1 Å². The summed E-state index contributed by atoms with van der Waals surface area (Å²) in [5.41, 5.74) is 1.25. The van der Waals surface area contributed by atoms with Crippen LogP contribution in [0.25, 0.3) is 11.0 Å². The molecule has 0 aliphatic heterocycles. The summed E-state index contributed by atoms with van der Waals surface area (Å²) in [7, 11) is 0. The number of carbonyl (C=O) groups excluding carboxylic acids is 1. The van der Waals surface area contributed by atoms with Gasteiger partial charge in [0.1, 0.15) is 12.2 Å². The highest BCUT2D eigenvalue weighted by Crippen LogP contribution is 2.26. The van der Waals surface area contributed by atoms with E-state index in [2.05, 4.69) is 5.32 Å². The highest BCUT2D eigenvalue weighted by Gasteiger charge is 2.08. The van der Waals surface area contributed by atoms with Crippen molar-refractivity contribution < 1.29 is 9.21 Å². The van der Waals surface area contributed by atoms with E-state index in [1.807, 2.05) is 25.1 Å². The molecule has 16 heavy (non-hydrogen) atoms. The fourth-order valence-electron chi connectivity index (χ4n) is 1.56. The molecule has 0 unspecified atom stereocenters. The minimum Gasteiger partial charge on any atom is -0.459 e. The maximum absolute atomic E-state index is 11.3. The Labute approximate surface area is 92.5 Å². The van der Waals surface area contributed by atoms with E-state index in [-0.39, 0.29) is 12.3 Å². The molecule has 0 bridgehead atoms. The number of hydrogen-bond acceptors (Lipinski definition) is 3. The third-order valence-electron chi connectivity index (χ3n) is 2.18. The summed E-state index contributed by atoms with van der Waals surface area (Å²) in [4.78, 5) is 11.3. The fraction of sp³-hybridized carbons (Fsp3) is 0.167. The molecule has 2 rings (SSSR count). The quantitative estimate of drug-likeness (QED) is 0.835. The van der Waals surface area contributed by atoms with Crippen LogP contribution < -0.4 is 5.32 Å². The Hall–Kier alpha value is -2.28. The first-order chi connectivity index (χ1) is 7.70.